The summed E-state index contributed by atoms with van der Waals surface area (Å²) in [5.74, 6) is -1.04. The number of ether oxygens (including phenoxy) is 3. The lowest BCUT2D eigenvalue weighted by Gasteiger charge is -2.19. The maximum atomic E-state index is 13.4. The van der Waals surface area contributed by atoms with Gasteiger partial charge in [0.1, 0.15) is 5.52 Å². The number of aromatic nitrogens is 4. The van der Waals surface area contributed by atoms with Crippen molar-refractivity contribution in [2.45, 2.75) is 51.9 Å². The van der Waals surface area contributed by atoms with Crippen LogP contribution in [0.15, 0.2) is 28.5 Å². The number of nitrogen functional groups attached to an aromatic ring is 1. The molecule has 12 heteroatoms. The van der Waals surface area contributed by atoms with Crippen LogP contribution in [0.1, 0.15) is 37.8 Å². The van der Waals surface area contributed by atoms with Crippen LogP contribution in [0.3, 0.4) is 0 Å². The minimum absolute atomic E-state index is 0.0227. The van der Waals surface area contributed by atoms with Gasteiger partial charge in [0, 0.05) is 18.2 Å². The summed E-state index contributed by atoms with van der Waals surface area (Å²) >= 11 is 1.51. The van der Waals surface area contributed by atoms with Crippen molar-refractivity contribution in [3.8, 4) is 0 Å². The van der Waals surface area contributed by atoms with Gasteiger partial charge in [-0.05, 0) is 11.4 Å². The van der Waals surface area contributed by atoms with Crippen LogP contribution in [-0.2, 0) is 30.3 Å². The quantitative estimate of drug-likeness (QED) is 0.555. The Labute approximate surface area is 180 Å². The maximum absolute atomic E-state index is 13.4. The van der Waals surface area contributed by atoms with E-state index in [-0.39, 0.29) is 24.4 Å². The van der Waals surface area contributed by atoms with E-state index in [9.17, 15) is 14.4 Å². The Balaban J connectivity index is 1.80. The molecule has 0 amide bonds. The van der Waals surface area contributed by atoms with Crippen LogP contribution < -0.4 is 11.4 Å². The Bertz CT molecular complexity index is 1170. The molecule has 31 heavy (non-hydrogen) atoms. The van der Waals surface area contributed by atoms with Crippen molar-refractivity contribution < 1.29 is 23.8 Å². The van der Waals surface area contributed by atoms with E-state index in [1.807, 2.05) is 17.5 Å². The molecule has 1 saturated heterocycles. The van der Waals surface area contributed by atoms with E-state index in [4.69, 9.17) is 19.9 Å². The van der Waals surface area contributed by atoms with Gasteiger partial charge < -0.3 is 19.9 Å². The van der Waals surface area contributed by atoms with Crippen LogP contribution in [0.4, 0.5) is 5.95 Å². The molecular formula is C19H21N5O6S. The third kappa shape index (κ3) is 4.16. The van der Waals surface area contributed by atoms with E-state index >= 15 is 0 Å². The topological polar surface area (TPSA) is 141 Å². The summed E-state index contributed by atoms with van der Waals surface area (Å²) in [6.45, 7) is 3.21. The number of esters is 2. The first-order chi connectivity index (χ1) is 14.9. The third-order valence-electron chi connectivity index (χ3n) is 4.78. The zero-order valence-corrected chi connectivity index (χ0v) is 17.7. The summed E-state index contributed by atoms with van der Waals surface area (Å²) in [5.41, 5.74) is 6.02. The van der Waals surface area contributed by atoms with Crippen LogP contribution >= 0.6 is 11.3 Å². The molecule has 2 N–H and O–H groups in total. The Kier molecular flexibility index (Phi) is 5.74. The summed E-state index contributed by atoms with van der Waals surface area (Å²) in [7, 11) is 0. The molecule has 3 aromatic heterocycles. The number of imidazole rings is 1. The van der Waals surface area contributed by atoms with Gasteiger partial charge >= 0.3 is 17.6 Å². The van der Waals surface area contributed by atoms with Gasteiger partial charge in [0.25, 0.3) is 0 Å². The molecule has 0 spiro atoms. The SMILES string of the molecule is CCC(=O)O[C@H]1C[C@@H](OC(C)=O)[C@H](n2c(=O)n(Cc3cccs3)c3cnc(N)nc32)O1. The second-order valence-electron chi connectivity index (χ2n) is 6.94. The fraction of sp³-hybridized carbons (Fsp3) is 0.421. The smallest absolute Gasteiger partial charge is 0.333 e. The highest BCUT2D eigenvalue weighted by molar-refractivity contribution is 7.09. The molecule has 0 unspecified atom stereocenters. The molecule has 1 aliphatic heterocycles. The van der Waals surface area contributed by atoms with Crippen molar-refractivity contribution in [2.24, 2.45) is 0 Å². The van der Waals surface area contributed by atoms with Crippen LogP contribution in [-0.4, -0.2) is 43.4 Å². The lowest BCUT2D eigenvalue weighted by molar-refractivity contribution is -0.183. The Morgan fingerprint density at radius 3 is 2.87 bits per heavy atom. The number of carbonyl (C=O) groups is 2. The van der Waals surface area contributed by atoms with E-state index < -0.39 is 36.3 Å². The second kappa shape index (κ2) is 8.47. The molecule has 0 saturated carbocycles. The van der Waals surface area contributed by atoms with E-state index in [1.54, 1.807) is 6.92 Å². The molecule has 1 fully saturated rings. The van der Waals surface area contributed by atoms with Crippen molar-refractivity contribution in [1.82, 2.24) is 19.1 Å². The number of anilines is 1. The van der Waals surface area contributed by atoms with Crippen LogP contribution in [0.25, 0.3) is 11.2 Å². The first-order valence-corrected chi connectivity index (χ1v) is 10.5. The molecule has 0 bridgehead atoms. The number of rotatable bonds is 6. The fourth-order valence-electron chi connectivity index (χ4n) is 3.47. The first-order valence-electron chi connectivity index (χ1n) is 9.65. The van der Waals surface area contributed by atoms with Gasteiger partial charge in [-0.25, -0.2) is 14.3 Å². The van der Waals surface area contributed by atoms with Crippen molar-refractivity contribution in [3.05, 3.63) is 39.1 Å². The van der Waals surface area contributed by atoms with Crippen LogP contribution in [0.2, 0.25) is 0 Å². The van der Waals surface area contributed by atoms with Crippen molar-refractivity contribution in [1.29, 1.82) is 0 Å². The summed E-state index contributed by atoms with van der Waals surface area (Å²) in [5, 5.41) is 1.91. The molecule has 0 aliphatic carbocycles. The maximum Gasteiger partial charge on any atom is 0.333 e. The van der Waals surface area contributed by atoms with E-state index in [1.165, 1.54) is 33.6 Å². The predicted molar refractivity (Wildman–Crippen MR) is 110 cm³/mol. The Hall–Kier alpha value is -3.25. The molecule has 0 aromatic carbocycles. The van der Waals surface area contributed by atoms with Gasteiger partial charge in [0.15, 0.2) is 18.0 Å². The number of hydrogen-bond donors (Lipinski definition) is 1. The number of carbonyl (C=O) groups excluding carboxylic acids is 2. The fourth-order valence-corrected chi connectivity index (χ4v) is 4.16. The standard InChI is InChI=1S/C19H21N5O6S/c1-3-14(26)29-15-7-13(28-10(2)25)17(30-15)24-16-12(8-21-18(20)22-16)23(19(24)27)9-11-5-4-6-31-11/h4-6,8,13,15,17H,3,7,9H2,1-2H3,(H2,20,21,22)/t13-,15-,17-/m1/s1. The number of fused-ring (bicyclic) bond motifs is 1. The highest BCUT2D eigenvalue weighted by Gasteiger charge is 2.43. The van der Waals surface area contributed by atoms with Crippen molar-refractivity contribution in [3.63, 3.8) is 0 Å². The van der Waals surface area contributed by atoms with Crippen LogP contribution in [0, 0.1) is 0 Å². The normalized spacial score (nSPS) is 20.8. The van der Waals surface area contributed by atoms with Gasteiger partial charge in [0.2, 0.25) is 12.2 Å². The zero-order valence-electron chi connectivity index (χ0n) is 16.9. The summed E-state index contributed by atoms with van der Waals surface area (Å²) in [4.78, 5) is 46.0. The molecule has 4 rings (SSSR count). The van der Waals surface area contributed by atoms with E-state index in [0.29, 0.717) is 12.1 Å². The Morgan fingerprint density at radius 1 is 1.39 bits per heavy atom. The minimum Gasteiger partial charge on any atom is -0.457 e. The average Bonchev–Trinajstić information content (AvgIpc) is 3.42. The third-order valence-corrected chi connectivity index (χ3v) is 5.64. The monoisotopic (exact) mass is 447 g/mol. The molecule has 1 aliphatic rings. The van der Waals surface area contributed by atoms with Gasteiger partial charge in [-0.3, -0.25) is 14.2 Å². The summed E-state index contributed by atoms with van der Waals surface area (Å²) in [6, 6.07) is 3.80. The van der Waals surface area contributed by atoms with Gasteiger partial charge in [-0.1, -0.05) is 13.0 Å². The number of nitrogens with two attached hydrogens (primary N) is 1. The highest BCUT2D eigenvalue weighted by atomic mass is 32.1. The van der Waals surface area contributed by atoms with Gasteiger partial charge in [0.05, 0.1) is 19.2 Å². The minimum atomic E-state index is -1.05. The largest absolute Gasteiger partial charge is 0.457 e. The molecule has 11 nitrogen and oxygen atoms in total. The lowest BCUT2D eigenvalue weighted by Crippen LogP contribution is -2.33. The molecule has 4 heterocycles. The Morgan fingerprint density at radius 2 is 2.19 bits per heavy atom. The summed E-state index contributed by atoms with van der Waals surface area (Å²) in [6.07, 6.45) is -1.17. The number of hydrogen-bond acceptors (Lipinski definition) is 10. The van der Waals surface area contributed by atoms with E-state index in [2.05, 4.69) is 9.97 Å². The van der Waals surface area contributed by atoms with Crippen LogP contribution in [0.5, 0.6) is 0 Å². The van der Waals surface area contributed by atoms with Gasteiger partial charge in [-0.2, -0.15) is 4.98 Å². The molecule has 3 atom stereocenters. The highest BCUT2D eigenvalue weighted by Crippen LogP contribution is 2.33. The zero-order chi connectivity index (χ0) is 22.1. The van der Waals surface area contributed by atoms with Crippen molar-refractivity contribution in [2.75, 3.05) is 5.73 Å². The van der Waals surface area contributed by atoms with Crippen molar-refractivity contribution >= 4 is 40.4 Å². The lowest BCUT2D eigenvalue weighted by atomic mass is 10.2. The molecule has 0 radical (unpaired) electrons. The summed E-state index contributed by atoms with van der Waals surface area (Å²) < 4.78 is 19.3. The number of nitrogens with zero attached hydrogens (tertiary/aromatic N) is 4. The first kappa shape index (κ1) is 21.0. The second-order valence-corrected chi connectivity index (χ2v) is 7.97. The van der Waals surface area contributed by atoms with E-state index in [0.717, 1.165) is 4.88 Å². The average molecular weight is 447 g/mol. The molecular weight excluding hydrogens is 426 g/mol. The predicted octanol–water partition coefficient (Wildman–Crippen LogP) is 1.41. The number of thiophene rings is 1. The molecule has 164 valence electrons. The van der Waals surface area contributed by atoms with Gasteiger partial charge in [-0.15, -0.1) is 11.3 Å². The molecule has 3 aromatic rings.